The monoisotopic (exact) mass is 331 g/mol. The number of amides is 1. The Morgan fingerprint density at radius 1 is 1.30 bits per heavy atom. The highest BCUT2D eigenvalue weighted by molar-refractivity contribution is 7.15. The molecule has 0 radical (unpaired) electrons. The van der Waals surface area contributed by atoms with E-state index in [4.69, 9.17) is 0 Å². The second-order valence-corrected chi connectivity index (χ2v) is 6.74. The van der Waals surface area contributed by atoms with Gasteiger partial charge >= 0.3 is 0 Å². The fourth-order valence-corrected chi connectivity index (χ4v) is 3.59. The van der Waals surface area contributed by atoms with E-state index in [1.165, 1.54) is 18.3 Å². The Hall–Kier alpha value is -2.12. The molecule has 0 saturated carbocycles. The number of carbonyl (C=O) groups is 2. The minimum Gasteiger partial charge on any atom is -0.391 e. The van der Waals surface area contributed by atoms with E-state index in [1.54, 1.807) is 35.6 Å². The SMILES string of the molecule is CC(=O)c1ccc(C(=O)N2C[C@@H](Cc3cnccn3)[C@H](O)C2)s1. The normalized spacial score (nSPS) is 20.7. The van der Waals surface area contributed by atoms with Crippen molar-refractivity contribution in [2.24, 2.45) is 5.92 Å². The number of aliphatic hydroxyl groups is 1. The summed E-state index contributed by atoms with van der Waals surface area (Å²) in [6.45, 7) is 2.26. The predicted molar refractivity (Wildman–Crippen MR) is 85.5 cm³/mol. The lowest BCUT2D eigenvalue weighted by molar-refractivity contribution is 0.0769. The molecule has 0 bridgehead atoms. The summed E-state index contributed by atoms with van der Waals surface area (Å²) in [4.78, 5) is 34.8. The molecule has 1 aliphatic heterocycles. The Morgan fingerprint density at radius 2 is 2.09 bits per heavy atom. The molecule has 1 saturated heterocycles. The van der Waals surface area contributed by atoms with Gasteiger partial charge in [-0.1, -0.05) is 0 Å². The molecule has 23 heavy (non-hydrogen) atoms. The van der Waals surface area contributed by atoms with Gasteiger partial charge in [-0.25, -0.2) is 0 Å². The maximum Gasteiger partial charge on any atom is 0.264 e. The van der Waals surface area contributed by atoms with Crippen molar-refractivity contribution in [3.8, 4) is 0 Å². The molecule has 3 heterocycles. The number of β-amino-alcohol motifs (C(OH)–C–C–N with tert-alkyl or cyclic N) is 1. The number of Topliss-reactive ketones (excluding diaryl/α,β-unsaturated/α-hetero) is 1. The van der Waals surface area contributed by atoms with Gasteiger partial charge in [-0.05, 0) is 25.5 Å². The average Bonchev–Trinajstić information content (AvgIpc) is 3.16. The van der Waals surface area contributed by atoms with Crippen LogP contribution in [-0.2, 0) is 6.42 Å². The Balaban J connectivity index is 1.67. The van der Waals surface area contributed by atoms with Crippen molar-refractivity contribution in [2.75, 3.05) is 13.1 Å². The second kappa shape index (κ2) is 6.55. The zero-order valence-electron chi connectivity index (χ0n) is 12.7. The maximum absolute atomic E-state index is 12.5. The highest BCUT2D eigenvalue weighted by atomic mass is 32.1. The van der Waals surface area contributed by atoms with E-state index in [9.17, 15) is 14.7 Å². The van der Waals surface area contributed by atoms with Crippen LogP contribution in [0.1, 0.15) is 32.0 Å². The maximum atomic E-state index is 12.5. The van der Waals surface area contributed by atoms with Gasteiger partial charge in [0.1, 0.15) is 0 Å². The summed E-state index contributed by atoms with van der Waals surface area (Å²) in [6, 6.07) is 3.34. The molecule has 0 aromatic carbocycles. The van der Waals surface area contributed by atoms with E-state index < -0.39 is 6.10 Å². The fraction of sp³-hybridized carbons (Fsp3) is 0.375. The Morgan fingerprint density at radius 3 is 2.74 bits per heavy atom. The number of hydrogen-bond acceptors (Lipinski definition) is 6. The molecular formula is C16H17N3O3S. The van der Waals surface area contributed by atoms with Crippen LogP contribution in [0.2, 0.25) is 0 Å². The van der Waals surface area contributed by atoms with Gasteiger partial charge in [-0.15, -0.1) is 11.3 Å². The van der Waals surface area contributed by atoms with Gasteiger partial charge in [0.25, 0.3) is 5.91 Å². The lowest BCUT2D eigenvalue weighted by atomic mass is 10.0. The van der Waals surface area contributed by atoms with E-state index in [0.29, 0.717) is 29.3 Å². The molecule has 2 atom stereocenters. The van der Waals surface area contributed by atoms with Crippen LogP contribution >= 0.6 is 11.3 Å². The summed E-state index contributed by atoms with van der Waals surface area (Å²) in [6.07, 6.45) is 4.91. The molecule has 1 amide bonds. The van der Waals surface area contributed by atoms with Crippen LogP contribution in [0.3, 0.4) is 0 Å². The van der Waals surface area contributed by atoms with E-state index in [0.717, 1.165) is 5.69 Å². The predicted octanol–water partition coefficient (Wildman–Crippen LogP) is 1.42. The third-order valence-corrected chi connectivity index (χ3v) is 5.12. The number of aliphatic hydroxyl groups excluding tert-OH is 1. The molecule has 0 unspecified atom stereocenters. The van der Waals surface area contributed by atoms with Crippen LogP contribution < -0.4 is 0 Å². The zero-order valence-corrected chi connectivity index (χ0v) is 13.5. The first-order chi connectivity index (χ1) is 11.0. The summed E-state index contributed by atoms with van der Waals surface area (Å²) in [5.41, 5.74) is 0.806. The Kier molecular flexibility index (Phi) is 4.49. The van der Waals surface area contributed by atoms with E-state index in [-0.39, 0.29) is 17.6 Å². The van der Waals surface area contributed by atoms with Crippen LogP contribution in [0.25, 0.3) is 0 Å². The van der Waals surface area contributed by atoms with E-state index >= 15 is 0 Å². The fourth-order valence-electron chi connectivity index (χ4n) is 2.72. The van der Waals surface area contributed by atoms with Crippen molar-refractivity contribution < 1.29 is 14.7 Å². The minimum atomic E-state index is -0.576. The third kappa shape index (κ3) is 3.46. The molecule has 2 aromatic heterocycles. The number of ketones is 1. The van der Waals surface area contributed by atoms with Gasteiger partial charge in [0.05, 0.1) is 21.6 Å². The molecule has 1 fully saturated rings. The topological polar surface area (TPSA) is 83.4 Å². The highest BCUT2D eigenvalue weighted by Gasteiger charge is 2.35. The first kappa shape index (κ1) is 15.8. The summed E-state index contributed by atoms with van der Waals surface area (Å²) in [5.74, 6) is -0.234. The molecule has 0 aliphatic carbocycles. The van der Waals surface area contributed by atoms with Crippen molar-refractivity contribution >= 4 is 23.0 Å². The van der Waals surface area contributed by atoms with Crippen molar-refractivity contribution in [3.05, 3.63) is 46.2 Å². The summed E-state index contributed by atoms with van der Waals surface area (Å²) >= 11 is 1.20. The minimum absolute atomic E-state index is 0.0453. The number of thiophene rings is 1. The lowest BCUT2D eigenvalue weighted by Gasteiger charge is -2.14. The molecule has 2 aromatic rings. The third-order valence-electron chi connectivity index (χ3n) is 3.95. The highest BCUT2D eigenvalue weighted by Crippen LogP contribution is 2.25. The number of carbonyl (C=O) groups excluding carboxylic acids is 2. The van der Waals surface area contributed by atoms with Gasteiger partial charge in [0.2, 0.25) is 0 Å². The van der Waals surface area contributed by atoms with Crippen molar-refractivity contribution in [3.63, 3.8) is 0 Å². The largest absolute Gasteiger partial charge is 0.391 e. The average molecular weight is 331 g/mol. The van der Waals surface area contributed by atoms with Gasteiger partial charge in [0.15, 0.2) is 5.78 Å². The van der Waals surface area contributed by atoms with E-state index in [2.05, 4.69) is 9.97 Å². The molecule has 1 N–H and O–H groups in total. The lowest BCUT2D eigenvalue weighted by Crippen LogP contribution is -2.28. The quantitative estimate of drug-likeness (QED) is 0.857. The van der Waals surface area contributed by atoms with Gasteiger partial charge < -0.3 is 10.0 Å². The Bertz CT molecular complexity index is 716. The zero-order chi connectivity index (χ0) is 16.4. The first-order valence-corrected chi connectivity index (χ1v) is 8.19. The second-order valence-electron chi connectivity index (χ2n) is 5.66. The first-order valence-electron chi connectivity index (χ1n) is 7.37. The summed E-state index contributed by atoms with van der Waals surface area (Å²) in [7, 11) is 0. The van der Waals surface area contributed by atoms with Crippen LogP contribution in [0, 0.1) is 5.92 Å². The smallest absolute Gasteiger partial charge is 0.264 e. The van der Waals surface area contributed by atoms with Crippen LogP contribution in [-0.4, -0.2) is 50.9 Å². The van der Waals surface area contributed by atoms with Crippen LogP contribution in [0.15, 0.2) is 30.7 Å². The van der Waals surface area contributed by atoms with Crippen LogP contribution in [0.5, 0.6) is 0 Å². The number of aromatic nitrogens is 2. The Labute approximate surface area is 137 Å². The standard InChI is InChI=1S/C16H17N3O3S/c1-10(20)14-2-3-15(23-14)16(22)19-8-11(13(21)9-19)6-12-7-17-4-5-18-12/h2-5,7,11,13,21H,6,8-9H2,1H3/t11-,13-/m1/s1. The summed E-state index contributed by atoms with van der Waals surface area (Å²) in [5, 5.41) is 10.2. The van der Waals surface area contributed by atoms with Crippen LogP contribution in [0.4, 0.5) is 0 Å². The molecule has 1 aliphatic rings. The molecule has 0 spiro atoms. The van der Waals surface area contributed by atoms with Gasteiger partial charge in [-0.2, -0.15) is 0 Å². The van der Waals surface area contributed by atoms with Gasteiger partial charge in [0, 0.05) is 37.6 Å². The van der Waals surface area contributed by atoms with Crippen molar-refractivity contribution in [1.29, 1.82) is 0 Å². The molecule has 6 nitrogen and oxygen atoms in total. The van der Waals surface area contributed by atoms with E-state index in [1.807, 2.05) is 0 Å². The van der Waals surface area contributed by atoms with Crippen molar-refractivity contribution in [1.82, 2.24) is 14.9 Å². The number of likely N-dealkylation sites (tertiary alicyclic amines) is 1. The molecule has 7 heteroatoms. The summed E-state index contributed by atoms with van der Waals surface area (Å²) < 4.78 is 0. The molecule has 120 valence electrons. The number of nitrogens with zero attached hydrogens (tertiary/aromatic N) is 3. The van der Waals surface area contributed by atoms with Crippen molar-refractivity contribution in [2.45, 2.75) is 19.4 Å². The van der Waals surface area contributed by atoms with Gasteiger partial charge in [-0.3, -0.25) is 19.6 Å². The number of hydrogen-bond donors (Lipinski definition) is 1. The molecule has 3 rings (SSSR count). The number of rotatable bonds is 4. The molecular weight excluding hydrogens is 314 g/mol.